The van der Waals surface area contributed by atoms with E-state index in [0.717, 1.165) is 28.5 Å². The molecule has 0 bridgehead atoms. The molecule has 1 aromatic heterocycles. The molecule has 1 saturated heterocycles. The van der Waals surface area contributed by atoms with E-state index in [1.54, 1.807) is 30.6 Å². The Kier molecular flexibility index (Phi) is 4.66. The highest BCUT2D eigenvalue weighted by Gasteiger charge is 2.47. The third kappa shape index (κ3) is 3.07. The molecule has 6 rings (SSSR count). The summed E-state index contributed by atoms with van der Waals surface area (Å²) in [6.07, 6.45) is 3.99. The van der Waals surface area contributed by atoms with E-state index < -0.39 is 17.7 Å². The Hall–Kier alpha value is -4.45. The minimum atomic E-state index is -0.816. The van der Waals surface area contributed by atoms with E-state index in [4.69, 9.17) is 4.74 Å². The van der Waals surface area contributed by atoms with Gasteiger partial charge in [0.2, 0.25) is 0 Å². The van der Waals surface area contributed by atoms with E-state index in [1.807, 2.05) is 54.6 Å². The summed E-state index contributed by atoms with van der Waals surface area (Å²) in [5.41, 5.74) is 2.74. The van der Waals surface area contributed by atoms with Gasteiger partial charge < -0.3 is 9.84 Å². The number of ether oxygens (including phenoxy) is 1. The number of carbonyl (C=O) groups excluding carboxylic acids is 2. The van der Waals surface area contributed by atoms with Crippen LogP contribution in [-0.2, 0) is 16.0 Å². The molecule has 1 fully saturated rings. The van der Waals surface area contributed by atoms with Crippen molar-refractivity contribution < 1.29 is 19.4 Å². The van der Waals surface area contributed by atoms with Crippen LogP contribution in [0.2, 0.25) is 0 Å². The molecule has 4 aromatic rings. The number of hydrogen-bond donors (Lipinski definition) is 1. The van der Waals surface area contributed by atoms with Gasteiger partial charge in [-0.15, -0.1) is 0 Å². The van der Waals surface area contributed by atoms with Crippen LogP contribution in [0.1, 0.15) is 22.7 Å². The molecule has 0 spiro atoms. The first-order valence-corrected chi connectivity index (χ1v) is 11.1. The average Bonchev–Trinajstić information content (AvgIpc) is 3.46. The van der Waals surface area contributed by atoms with Crippen molar-refractivity contribution in [3.05, 3.63) is 107 Å². The number of rotatable bonds is 3. The largest absolute Gasteiger partial charge is 0.507 e. The first kappa shape index (κ1) is 20.2. The molecule has 6 nitrogen and oxygen atoms in total. The Labute approximate surface area is 195 Å². The van der Waals surface area contributed by atoms with Crippen molar-refractivity contribution in [1.82, 2.24) is 4.98 Å². The molecule has 0 saturated carbocycles. The zero-order chi connectivity index (χ0) is 23.2. The minimum absolute atomic E-state index is 0.0461. The lowest BCUT2D eigenvalue weighted by Crippen LogP contribution is -2.29. The number of hydrogen-bond acceptors (Lipinski definition) is 5. The zero-order valence-corrected chi connectivity index (χ0v) is 18.1. The van der Waals surface area contributed by atoms with Gasteiger partial charge in [0.15, 0.2) is 0 Å². The molecule has 1 amide bonds. The summed E-state index contributed by atoms with van der Waals surface area (Å²) in [7, 11) is 0. The summed E-state index contributed by atoms with van der Waals surface area (Å²) in [6, 6.07) is 21.4. The number of Topliss-reactive ketones (excluding diaryl/α,β-unsaturated/α-hetero) is 1. The van der Waals surface area contributed by atoms with Crippen LogP contribution >= 0.6 is 0 Å². The maximum Gasteiger partial charge on any atom is 0.300 e. The molecule has 2 aliphatic heterocycles. The molecule has 2 aliphatic rings. The molecule has 34 heavy (non-hydrogen) atoms. The number of ketones is 1. The number of pyridine rings is 1. The van der Waals surface area contributed by atoms with Gasteiger partial charge in [-0.3, -0.25) is 19.5 Å². The Morgan fingerprint density at radius 3 is 2.71 bits per heavy atom. The average molecular weight is 448 g/mol. The molecule has 1 unspecified atom stereocenters. The first-order valence-electron chi connectivity index (χ1n) is 11.1. The van der Waals surface area contributed by atoms with Gasteiger partial charge in [0.1, 0.15) is 11.5 Å². The molecular formula is C28H20N2O4. The molecule has 0 aliphatic carbocycles. The Morgan fingerprint density at radius 2 is 1.85 bits per heavy atom. The number of aliphatic hydroxyl groups excluding tert-OH is 1. The molecule has 3 aromatic carbocycles. The van der Waals surface area contributed by atoms with Crippen LogP contribution in [0.3, 0.4) is 0 Å². The molecule has 0 radical (unpaired) electrons. The van der Waals surface area contributed by atoms with Gasteiger partial charge in [-0.05, 0) is 46.8 Å². The second kappa shape index (κ2) is 7.85. The molecule has 6 heteroatoms. The third-order valence-electron chi connectivity index (χ3n) is 6.43. The van der Waals surface area contributed by atoms with Gasteiger partial charge in [0.25, 0.3) is 11.7 Å². The van der Waals surface area contributed by atoms with Crippen LogP contribution in [0.5, 0.6) is 5.75 Å². The summed E-state index contributed by atoms with van der Waals surface area (Å²) < 4.78 is 5.57. The molecule has 3 heterocycles. The van der Waals surface area contributed by atoms with Gasteiger partial charge in [-0.25, -0.2) is 0 Å². The Bertz CT molecular complexity index is 1490. The van der Waals surface area contributed by atoms with Gasteiger partial charge in [-0.2, -0.15) is 0 Å². The standard InChI is InChI=1S/C28H20N2O4/c31-26(19-10-11-23-18(15-19)12-14-34-23)24-25(20-7-4-13-29-16-20)30(28(33)27(24)32)22-9-3-6-17-5-1-2-8-21(17)22/h1-11,13,15-16,25,31H,12,14H2/b26-24+. The summed E-state index contributed by atoms with van der Waals surface area (Å²) in [5, 5.41) is 13.2. The highest BCUT2D eigenvalue weighted by atomic mass is 16.5. The summed E-state index contributed by atoms with van der Waals surface area (Å²) >= 11 is 0. The molecular weight excluding hydrogens is 428 g/mol. The van der Waals surface area contributed by atoms with Crippen molar-refractivity contribution in [2.24, 2.45) is 0 Å². The summed E-state index contributed by atoms with van der Waals surface area (Å²) in [5.74, 6) is -0.839. The molecule has 166 valence electrons. The third-order valence-corrected chi connectivity index (χ3v) is 6.43. The van der Waals surface area contributed by atoms with Crippen molar-refractivity contribution in [3.63, 3.8) is 0 Å². The number of fused-ring (bicyclic) bond motifs is 2. The van der Waals surface area contributed by atoms with Crippen LogP contribution in [0.25, 0.3) is 16.5 Å². The second-order valence-electron chi connectivity index (χ2n) is 8.37. The quantitative estimate of drug-likeness (QED) is 0.277. The van der Waals surface area contributed by atoms with E-state index in [2.05, 4.69) is 4.98 Å². The highest BCUT2D eigenvalue weighted by molar-refractivity contribution is 6.52. The van der Waals surface area contributed by atoms with Crippen molar-refractivity contribution in [2.45, 2.75) is 12.5 Å². The number of amides is 1. The van der Waals surface area contributed by atoms with Crippen molar-refractivity contribution in [1.29, 1.82) is 0 Å². The lowest BCUT2D eigenvalue weighted by Gasteiger charge is -2.26. The highest BCUT2D eigenvalue weighted by Crippen LogP contribution is 2.44. The first-order chi connectivity index (χ1) is 16.6. The van der Waals surface area contributed by atoms with Gasteiger partial charge in [0, 0.05) is 29.8 Å². The normalized spacial score (nSPS) is 18.8. The van der Waals surface area contributed by atoms with Crippen LogP contribution < -0.4 is 9.64 Å². The summed E-state index contributed by atoms with van der Waals surface area (Å²) in [6.45, 7) is 0.584. The maximum atomic E-state index is 13.5. The monoisotopic (exact) mass is 448 g/mol. The number of aromatic nitrogens is 1. The fraction of sp³-hybridized carbons (Fsp3) is 0.107. The SMILES string of the molecule is O=C1C(=O)N(c2cccc3ccccc23)C(c2cccnc2)/C1=C(\O)c1ccc2c(c1)CCO2. The predicted molar refractivity (Wildman–Crippen MR) is 129 cm³/mol. The van der Waals surface area contributed by atoms with Gasteiger partial charge in [-0.1, -0.05) is 42.5 Å². The Balaban J connectivity index is 1.58. The Morgan fingerprint density at radius 1 is 1.00 bits per heavy atom. The van der Waals surface area contributed by atoms with E-state index in [9.17, 15) is 14.7 Å². The number of benzene rings is 3. The van der Waals surface area contributed by atoms with Crippen LogP contribution in [0.4, 0.5) is 5.69 Å². The minimum Gasteiger partial charge on any atom is -0.507 e. The number of nitrogens with zero attached hydrogens (tertiary/aromatic N) is 2. The topological polar surface area (TPSA) is 79.7 Å². The van der Waals surface area contributed by atoms with Gasteiger partial charge in [0.05, 0.1) is 23.9 Å². The predicted octanol–water partition coefficient (Wildman–Crippen LogP) is 4.80. The van der Waals surface area contributed by atoms with Crippen LogP contribution in [-0.4, -0.2) is 28.4 Å². The van der Waals surface area contributed by atoms with Crippen LogP contribution in [0.15, 0.2) is 90.8 Å². The lowest BCUT2D eigenvalue weighted by molar-refractivity contribution is -0.132. The number of anilines is 1. The second-order valence-corrected chi connectivity index (χ2v) is 8.37. The maximum absolute atomic E-state index is 13.5. The van der Waals surface area contributed by atoms with E-state index in [1.165, 1.54) is 4.90 Å². The summed E-state index contributed by atoms with van der Waals surface area (Å²) in [4.78, 5) is 32.5. The van der Waals surface area contributed by atoms with Gasteiger partial charge >= 0.3 is 0 Å². The number of aliphatic hydroxyl groups is 1. The lowest BCUT2D eigenvalue weighted by atomic mass is 9.95. The van der Waals surface area contributed by atoms with Crippen molar-refractivity contribution in [3.8, 4) is 5.75 Å². The zero-order valence-electron chi connectivity index (χ0n) is 18.1. The smallest absolute Gasteiger partial charge is 0.300 e. The van der Waals surface area contributed by atoms with Crippen molar-refractivity contribution in [2.75, 3.05) is 11.5 Å². The molecule has 1 atom stereocenters. The van der Waals surface area contributed by atoms with E-state index in [-0.39, 0.29) is 11.3 Å². The fourth-order valence-corrected chi connectivity index (χ4v) is 4.84. The fourth-order valence-electron chi connectivity index (χ4n) is 4.84. The van der Waals surface area contributed by atoms with E-state index in [0.29, 0.717) is 23.4 Å². The molecule has 1 N–H and O–H groups in total. The van der Waals surface area contributed by atoms with Crippen molar-refractivity contribution >= 4 is 33.9 Å². The van der Waals surface area contributed by atoms with E-state index >= 15 is 0 Å². The number of carbonyl (C=O) groups is 2. The van der Waals surface area contributed by atoms with Crippen LogP contribution in [0, 0.1) is 0 Å².